The Balaban J connectivity index is 1.41. The first-order chi connectivity index (χ1) is 25.8. The maximum absolute atomic E-state index is 2.53. The molecule has 0 saturated carbocycles. The number of nitrogens with zero attached hydrogens (tertiary/aromatic N) is 2. The minimum atomic E-state index is 1.17. The summed E-state index contributed by atoms with van der Waals surface area (Å²) in [4.78, 5) is 0. The molecule has 52 heavy (non-hydrogen) atoms. The summed E-state index contributed by atoms with van der Waals surface area (Å²) in [6.45, 7) is 0. The highest BCUT2D eigenvalue weighted by atomic mass is 15.0. The second-order valence-corrected chi connectivity index (χ2v) is 14.1. The number of fused-ring (bicyclic) bond motifs is 17. The molecular weight excluding hydrogens is 629 g/mol. The van der Waals surface area contributed by atoms with Gasteiger partial charge in [-0.05, 0) is 79.5 Å². The maximum Gasteiger partial charge on any atom is 0.0633 e. The molecule has 0 aliphatic heterocycles. The van der Waals surface area contributed by atoms with E-state index in [9.17, 15) is 0 Å². The van der Waals surface area contributed by atoms with Gasteiger partial charge in [0.15, 0.2) is 0 Å². The molecular formula is C50H30N2. The molecule has 0 spiro atoms. The van der Waals surface area contributed by atoms with Crippen LogP contribution >= 0.6 is 0 Å². The van der Waals surface area contributed by atoms with E-state index in [1.165, 1.54) is 109 Å². The first-order valence-electron chi connectivity index (χ1n) is 18.0. The van der Waals surface area contributed by atoms with E-state index < -0.39 is 0 Å². The fourth-order valence-corrected chi connectivity index (χ4v) is 9.27. The van der Waals surface area contributed by atoms with Crippen molar-refractivity contribution in [3.63, 3.8) is 0 Å². The first kappa shape index (κ1) is 27.9. The molecule has 10 aromatic carbocycles. The smallest absolute Gasteiger partial charge is 0.0633 e. The van der Waals surface area contributed by atoms with Crippen molar-refractivity contribution in [1.29, 1.82) is 0 Å². The van der Waals surface area contributed by atoms with Crippen LogP contribution < -0.4 is 0 Å². The number of para-hydroxylation sites is 2. The van der Waals surface area contributed by atoms with E-state index in [4.69, 9.17) is 0 Å². The predicted octanol–water partition coefficient (Wildman–Crippen LogP) is 13.6. The van der Waals surface area contributed by atoms with Gasteiger partial charge in [-0.2, -0.15) is 0 Å². The molecule has 2 heterocycles. The molecule has 0 fully saturated rings. The fourth-order valence-electron chi connectivity index (χ4n) is 9.27. The molecule has 0 N–H and O–H groups in total. The van der Waals surface area contributed by atoms with Crippen LogP contribution in [0, 0.1) is 0 Å². The van der Waals surface area contributed by atoms with E-state index in [-0.39, 0.29) is 0 Å². The highest BCUT2D eigenvalue weighted by molar-refractivity contribution is 6.44. The largest absolute Gasteiger partial charge is 0.309 e. The van der Waals surface area contributed by atoms with Crippen molar-refractivity contribution in [2.75, 3.05) is 0 Å². The molecule has 0 aliphatic rings. The highest BCUT2D eigenvalue weighted by Crippen LogP contribution is 2.50. The van der Waals surface area contributed by atoms with E-state index in [0.29, 0.717) is 0 Å². The molecule has 0 bridgehead atoms. The van der Waals surface area contributed by atoms with Crippen molar-refractivity contribution in [3.05, 3.63) is 182 Å². The van der Waals surface area contributed by atoms with E-state index in [0.717, 1.165) is 0 Å². The van der Waals surface area contributed by atoms with E-state index in [1.807, 2.05) is 0 Å². The molecule has 0 amide bonds. The minimum Gasteiger partial charge on any atom is -0.309 e. The Morgan fingerprint density at radius 3 is 1.00 bits per heavy atom. The summed E-state index contributed by atoms with van der Waals surface area (Å²) in [5.74, 6) is 0. The number of hydrogen-bond donors (Lipinski definition) is 0. The van der Waals surface area contributed by atoms with Gasteiger partial charge in [-0.15, -0.1) is 0 Å². The molecule has 12 rings (SSSR count). The van der Waals surface area contributed by atoms with E-state index >= 15 is 0 Å². The lowest BCUT2D eigenvalue weighted by Crippen LogP contribution is -1.98. The Morgan fingerprint density at radius 1 is 0.250 bits per heavy atom. The number of benzene rings is 10. The molecule has 2 nitrogen and oxygen atoms in total. The SMILES string of the molecule is c1ccc2cc(-n3c4ccccc4c4c5ccccc5c5c(c6ccccc6c6c7ccccc7n(-c7ccc8ccccc8c7)c65)c43)ccc2c1. The lowest BCUT2D eigenvalue weighted by Gasteiger charge is -2.18. The topological polar surface area (TPSA) is 9.86 Å². The monoisotopic (exact) mass is 658 g/mol. The number of rotatable bonds is 2. The van der Waals surface area contributed by atoms with Gasteiger partial charge in [-0.3, -0.25) is 0 Å². The van der Waals surface area contributed by atoms with Crippen molar-refractivity contribution in [2.24, 2.45) is 0 Å². The summed E-state index contributed by atoms with van der Waals surface area (Å²) in [6, 6.07) is 67.3. The number of aromatic nitrogens is 2. The van der Waals surface area contributed by atoms with Crippen LogP contribution in [0.4, 0.5) is 0 Å². The molecule has 240 valence electrons. The van der Waals surface area contributed by atoms with Gasteiger partial charge in [0, 0.05) is 43.7 Å². The summed E-state index contributed by atoms with van der Waals surface area (Å²) >= 11 is 0. The molecule has 2 heteroatoms. The quantitative estimate of drug-likeness (QED) is 0.164. The third kappa shape index (κ3) is 3.63. The summed E-state index contributed by atoms with van der Waals surface area (Å²) in [7, 11) is 0. The van der Waals surface area contributed by atoms with Crippen LogP contribution in [0.15, 0.2) is 182 Å². The Bertz CT molecular complexity index is 3240. The van der Waals surface area contributed by atoms with Crippen molar-refractivity contribution < 1.29 is 0 Å². The molecule has 12 aromatic rings. The van der Waals surface area contributed by atoms with E-state index in [2.05, 4.69) is 191 Å². The highest BCUT2D eigenvalue weighted by Gasteiger charge is 2.25. The van der Waals surface area contributed by atoms with Crippen LogP contribution in [0.3, 0.4) is 0 Å². The molecule has 0 unspecified atom stereocenters. The zero-order chi connectivity index (χ0) is 33.9. The van der Waals surface area contributed by atoms with Gasteiger partial charge in [0.2, 0.25) is 0 Å². The van der Waals surface area contributed by atoms with Gasteiger partial charge in [0.25, 0.3) is 0 Å². The van der Waals surface area contributed by atoms with Crippen molar-refractivity contribution in [1.82, 2.24) is 9.13 Å². The van der Waals surface area contributed by atoms with Crippen LogP contribution in [0.1, 0.15) is 0 Å². The van der Waals surface area contributed by atoms with Crippen LogP contribution in [0.2, 0.25) is 0 Å². The van der Waals surface area contributed by atoms with E-state index in [1.54, 1.807) is 0 Å². The van der Waals surface area contributed by atoms with Crippen molar-refractivity contribution >= 4 is 97.5 Å². The predicted molar refractivity (Wildman–Crippen MR) is 223 cm³/mol. The van der Waals surface area contributed by atoms with Gasteiger partial charge in [0.1, 0.15) is 0 Å². The fraction of sp³-hybridized carbons (Fsp3) is 0. The van der Waals surface area contributed by atoms with Gasteiger partial charge < -0.3 is 9.13 Å². The maximum atomic E-state index is 2.53. The summed E-state index contributed by atoms with van der Waals surface area (Å²) < 4.78 is 5.07. The minimum absolute atomic E-state index is 1.17. The Labute approximate surface area is 299 Å². The summed E-state index contributed by atoms with van der Waals surface area (Å²) in [5, 5.41) is 17.7. The second kappa shape index (κ2) is 10.3. The molecule has 0 aliphatic carbocycles. The van der Waals surface area contributed by atoms with Gasteiger partial charge in [-0.25, -0.2) is 0 Å². The summed E-state index contributed by atoms with van der Waals surface area (Å²) in [5.41, 5.74) is 7.26. The second-order valence-electron chi connectivity index (χ2n) is 14.1. The standard InChI is InChI=1S/C50H30N2/c1-3-15-33-29-35(27-25-31(33)13-1)51-43-23-11-9-21-41(43)45-37-17-5-8-20-40(37)48-47(49(45)51)39-19-7-6-18-38(39)46-42-22-10-12-24-44(42)52(50(46)48)36-28-26-32-14-2-4-16-34(32)30-36/h1-30H. The van der Waals surface area contributed by atoms with Gasteiger partial charge in [-0.1, -0.05) is 146 Å². The third-order valence-electron chi connectivity index (χ3n) is 11.4. The van der Waals surface area contributed by atoms with Gasteiger partial charge >= 0.3 is 0 Å². The van der Waals surface area contributed by atoms with Crippen molar-refractivity contribution in [2.45, 2.75) is 0 Å². The zero-order valence-electron chi connectivity index (χ0n) is 28.2. The average molecular weight is 659 g/mol. The lowest BCUT2D eigenvalue weighted by atomic mass is 9.90. The zero-order valence-corrected chi connectivity index (χ0v) is 28.2. The van der Waals surface area contributed by atoms with Crippen LogP contribution in [-0.4, -0.2) is 9.13 Å². The third-order valence-corrected chi connectivity index (χ3v) is 11.4. The Morgan fingerprint density at radius 2 is 0.577 bits per heavy atom. The molecule has 0 radical (unpaired) electrons. The molecule has 0 saturated heterocycles. The van der Waals surface area contributed by atoms with Crippen LogP contribution in [0.25, 0.3) is 109 Å². The lowest BCUT2D eigenvalue weighted by molar-refractivity contribution is 1.19. The number of hydrogen-bond acceptors (Lipinski definition) is 0. The average Bonchev–Trinajstić information content (AvgIpc) is 3.74. The van der Waals surface area contributed by atoms with Crippen molar-refractivity contribution in [3.8, 4) is 11.4 Å². The normalized spacial score (nSPS) is 12.2. The summed E-state index contributed by atoms with van der Waals surface area (Å²) in [6.07, 6.45) is 0. The first-order valence-corrected chi connectivity index (χ1v) is 18.0. The molecule has 0 atom stereocenters. The van der Waals surface area contributed by atoms with Gasteiger partial charge in [0.05, 0.1) is 22.1 Å². The Hall–Kier alpha value is -6.90. The van der Waals surface area contributed by atoms with Crippen LogP contribution in [-0.2, 0) is 0 Å². The molecule has 2 aromatic heterocycles. The van der Waals surface area contributed by atoms with Crippen LogP contribution in [0.5, 0.6) is 0 Å². The Kier molecular flexibility index (Phi) is 5.53.